The molecular formula is C16H14Cl2N4O2. The van der Waals surface area contributed by atoms with Crippen LogP contribution in [0.4, 0.5) is 0 Å². The van der Waals surface area contributed by atoms with Gasteiger partial charge in [0.15, 0.2) is 0 Å². The number of hydrogen-bond donors (Lipinski definition) is 1. The molecule has 2 amide bonds. The smallest absolute Gasteiger partial charge is 0.273 e. The maximum absolute atomic E-state index is 12.6. The maximum atomic E-state index is 12.6. The van der Waals surface area contributed by atoms with E-state index in [0.717, 1.165) is 6.42 Å². The molecule has 1 saturated heterocycles. The first-order valence-corrected chi connectivity index (χ1v) is 8.10. The minimum atomic E-state index is -0.583. The number of nitrogens with two attached hydrogens (primary N) is 1. The van der Waals surface area contributed by atoms with Crippen molar-refractivity contribution in [2.75, 3.05) is 6.54 Å². The van der Waals surface area contributed by atoms with Crippen molar-refractivity contribution in [2.24, 2.45) is 5.73 Å². The SMILES string of the molecule is NC(=O)[C@@H]1CCCN1C(=O)c1cc(-c2ccc(Cl)c(Cl)c2)ncn1. The number of likely N-dealkylation sites (tertiary alicyclic amines) is 1. The molecule has 124 valence electrons. The van der Waals surface area contributed by atoms with Crippen LogP contribution in [-0.4, -0.2) is 39.3 Å². The third kappa shape index (κ3) is 3.20. The van der Waals surface area contributed by atoms with Crippen LogP contribution in [0, 0.1) is 0 Å². The van der Waals surface area contributed by atoms with Crippen molar-refractivity contribution in [1.29, 1.82) is 0 Å². The average molecular weight is 365 g/mol. The fourth-order valence-corrected chi connectivity index (χ4v) is 3.04. The summed E-state index contributed by atoms with van der Waals surface area (Å²) in [5.74, 6) is -0.834. The summed E-state index contributed by atoms with van der Waals surface area (Å²) in [7, 11) is 0. The molecule has 1 aliphatic heterocycles. The Labute approximate surface area is 148 Å². The number of carbonyl (C=O) groups excluding carboxylic acids is 2. The van der Waals surface area contributed by atoms with E-state index in [1.165, 1.54) is 11.2 Å². The number of nitrogens with zero attached hydrogens (tertiary/aromatic N) is 3. The van der Waals surface area contributed by atoms with E-state index in [2.05, 4.69) is 9.97 Å². The van der Waals surface area contributed by atoms with Gasteiger partial charge in [0.05, 0.1) is 15.7 Å². The number of rotatable bonds is 3. The van der Waals surface area contributed by atoms with Crippen LogP contribution in [0.1, 0.15) is 23.3 Å². The molecule has 1 fully saturated rings. The van der Waals surface area contributed by atoms with Crippen LogP contribution < -0.4 is 5.73 Å². The van der Waals surface area contributed by atoms with Crippen molar-refractivity contribution < 1.29 is 9.59 Å². The van der Waals surface area contributed by atoms with Gasteiger partial charge in [-0.1, -0.05) is 29.3 Å². The summed E-state index contributed by atoms with van der Waals surface area (Å²) in [6.45, 7) is 0.485. The third-order valence-electron chi connectivity index (χ3n) is 3.94. The van der Waals surface area contributed by atoms with Gasteiger partial charge >= 0.3 is 0 Å². The molecule has 1 atom stereocenters. The van der Waals surface area contributed by atoms with Gasteiger partial charge in [-0.2, -0.15) is 0 Å². The number of amides is 2. The van der Waals surface area contributed by atoms with E-state index in [4.69, 9.17) is 28.9 Å². The zero-order valence-corrected chi connectivity index (χ0v) is 14.1. The molecule has 1 aromatic carbocycles. The monoisotopic (exact) mass is 364 g/mol. The van der Waals surface area contributed by atoms with Crippen molar-refractivity contribution in [3.05, 3.63) is 46.3 Å². The zero-order valence-electron chi connectivity index (χ0n) is 12.6. The highest BCUT2D eigenvalue weighted by Crippen LogP contribution is 2.28. The molecular weight excluding hydrogens is 351 g/mol. The minimum Gasteiger partial charge on any atom is -0.368 e. The lowest BCUT2D eigenvalue weighted by Crippen LogP contribution is -2.43. The Morgan fingerprint density at radius 3 is 2.67 bits per heavy atom. The Bertz CT molecular complexity index is 812. The molecule has 2 heterocycles. The lowest BCUT2D eigenvalue weighted by molar-refractivity contribution is -0.121. The van der Waals surface area contributed by atoms with Gasteiger partial charge in [0.1, 0.15) is 18.1 Å². The van der Waals surface area contributed by atoms with Crippen LogP contribution in [-0.2, 0) is 4.79 Å². The fraction of sp³-hybridized carbons (Fsp3) is 0.250. The zero-order chi connectivity index (χ0) is 17.3. The van der Waals surface area contributed by atoms with Crippen LogP contribution in [0.25, 0.3) is 11.3 Å². The van der Waals surface area contributed by atoms with Gasteiger partial charge in [0, 0.05) is 12.1 Å². The second-order valence-corrected chi connectivity index (χ2v) is 6.29. The highest BCUT2D eigenvalue weighted by atomic mass is 35.5. The number of carbonyl (C=O) groups is 2. The van der Waals surface area contributed by atoms with Crippen LogP contribution in [0.2, 0.25) is 10.0 Å². The third-order valence-corrected chi connectivity index (χ3v) is 4.68. The molecule has 0 unspecified atom stereocenters. The van der Waals surface area contributed by atoms with E-state index in [1.807, 2.05) is 0 Å². The Balaban J connectivity index is 1.91. The number of halogens is 2. The number of aromatic nitrogens is 2. The summed E-state index contributed by atoms with van der Waals surface area (Å²) < 4.78 is 0. The molecule has 0 aliphatic carbocycles. The van der Waals surface area contributed by atoms with E-state index in [-0.39, 0.29) is 11.6 Å². The lowest BCUT2D eigenvalue weighted by atomic mass is 10.1. The van der Waals surface area contributed by atoms with Crippen molar-refractivity contribution in [2.45, 2.75) is 18.9 Å². The molecule has 6 nitrogen and oxygen atoms in total. The Morgan fingerprint density at radius 1 is 1.17 bits per heavy atom. The topological polar surface area (TPSA) is 89.2 Å². The largest absolute Gasteiger partial charge is 0.368 e. The summed E-state index contributed by atoms with van der Waals surface area (Å²) >= 11 is 11.9. The summed E-state index contributed by atoms with van der Waals surface area (Å²) in [5, 5.41) is 0.834. The van der Waals surface area contributed by atoms with Crippen molar-refractivity contribution in [3.63, 3.8) is 0 Å². The molecule has 1 aromatic heterocycles. The first kappa shape index (κ1) is 16.7. The van der Waals surface area contributed by atoms with Gasteiger partial charge in [-0.15, -0.1) is 0 Å². The quantitative estimate of drug-likeness (QED) is 0.905. The van der Waals surface area contributed by atoms with Gasteiger partial charge in [0.2, 0.25) is 5.91 Å². The summed E-state index contributed by atoms with van der Waals surface area (Å²) in [6, 6.07) is 6.07. The number of primary amides is 1. The molecule has 24 heavy (non-hydrogen) atoms. The Kier molecular flexibility index (Phi) is 4.69. The first-order valence-electron chi connectivity index (χ1n) is 7.35. The average Bonchev–Trinajstić information content (AvgIpc) is 3.07. The van der Waals surface area contributed by atoms with Gasteiger partial charge in [-0.3, -0.25) is 9.59 Å². The highest BCUT2D eigenvalue weighted by Gasteiger charge is 2.33. The van der Waals surface area contributed by atoms with Gasteiger partial charge in [0.25, 0.3) is 5.91 Å². The predicted molar refractivity (Wildman–Crippen MR) is 90.7 cm³/mol. The first-order chi connectivity index (χ1) is 11.5. The van der Waals surface area contributed by atoms with E-state index < -0.39 is 11.9 Å². The standard InChI is InChI=1S/C16H14Cl2N4O2/c17-10-4-3-9(6-11(10)18)12-7-13(21-8-20-12)16(24)22-5-1-2-14(22)15(19)23/h3-4,6-8,14H,1-2,5H2,(H2,19,23)/t14-/m0/s1. The molecule has 0 radical (unpaired) electrons. The van der Waals surface area contributed by atoms with Crippen LogP contribution >= 0.6 is 23.2 Å². The minimum absolute atomic E-state index is 0.208. The van der Waals surface area contributed by atoms with Crippen molar-refractivity contribution in [3.8, 4) is 11.3 Å². The molecule has 0 bridgehead atoms. The van der Waals surface area contributed by atoms with Crippen molar-refractivity contribution in [1.82, 2.24) is 14.9 Å². The summed E-state index contributed by atoms with van der Waals surface area (Å²) in [4.78, 5) is 33.8. The van der Waals surface area contributed by atoms with Gasteiger partial charge < -0.3 is 10.6 Å². The summed E-state index contributed by atoms with van der Waals surface area (Å²) in [5.41, 5.74) is 6.83. The van der Waals surface area contributed by atoms with Crippen LogP contribution in [0.3, 0.4) is 0 Å². The van der Waals surface area contributed by atoms with E-state index in [0.29, 0.717) is 34.3 Å². The number of benzene rings is 1. The molecule has 1 aliphatic rings. The van der Waals surface area contributed by atoms with E-state index in [9.17, 15) is 9.59 Å². The van der Waals surface area contributed by atoms with Gasteiger partial charge in [-0.25, -0.2) is 9.97 Å². The van der Waals surface area contributed by atoms with Crippen molar-refractivity contribution >= 4 is 35.0 Å². The second-order valence-electron chi connectivity index (χ2n) is 5.48. The molecule has 0 saturated carbocycles. The van der Waals surface area contributed by atoms with Crippen LogP contribution in [0.5, 0.6) is 0 Å². The Hall–Kier alpha value is -2.18. The molecule has 8 heteroatoms. The number of hydrogen-bond acceptors (Lipinski definition) is 4. The normalized spacial score (nSPS) is 17.1. The fourth-order valence-electron chi connectivity index (χ4n) is 2.74. The molecule has 3 rings (SSSR count). The summed E-state index contributed by atoms with van der Waals surface area (Å²) in [6.07, 6.45) is 2.62. The molecule has 2 N–H and O–H groups in total. The van der Waals surface area contributed by atoms with Gasteiger partial charge in [-0.05, 0) is 31.0 Å². The van der Waals surface area contributed by atoms with E-state index in [1.54, 1.807) is 24.3 Å². The van der Waals surface area contributed by atoms with Crippen LogP contribution in [0.15, 0.2) is 30.6 Å². The maximum Gasteiger partial charge on any atom is 0.273 e. The lowest BCUT2D eigenvalue weighted by Gasteiger charge is -2.21. The highest BCUT2D eigenvalue weighted by molar-refractivity contribution is 6.42. The molecule has 2 aromatic rings. The molecule has 0 spiro atoms. The predicted octanol–water partition coefficient (Wildman–Crippen LogP) is 2.54. The Morgan fingerprint density at radius 2 is 1.96 bits per heavy atom. The second kappa shape index (κ2) is 6.75. The van der Waals surface area contributed by atoms with E-state index >= 15 is 0 Å².